The van der Waals surface area contributed by atoms with E-state index in [0.29, 0.717) is 0 Å². The molecule has 0 spiro atoms. The minimum Gasteiger partial charge on any atom is -0.364 e. The molecule has 2 unspecified atom stereocenters. The molecule has 17 heavy (non-hydrogen) atoms. The van der Waals surface area contributed by atoms with Gasteiger partial charge < -0.3 is 15.4 Å². The van der Waals surface area contributed by atoms with Gasteiger partial charge in [0.05, 0.1) is 6.10 Å². The summed E-state index contributed by atoms with van der Waals surface area (Å²) in [6.07, 6.45) is 3.97. The number of ether oxygens (including phenoxy) is 1. The molecule has 0 aromatic carbocycles. The predicted octanol–water partition coefficient (Wildman–Crippen LogP) is 1.45. The van der Waals surface area contributed by atoms with E-state index in [1.807, 2.05) is 6.92 Å². The van der Waals surface area contributed by atoms with E-state index in [1.54, 1.807) is 0 Å². The quantitative estimate of drug-likeness (QED) is 0.741. The first-order valence-corrected chi connectivity index (χ1v) is 6.83. The Morgan fingerprint density at radius 3 is 2.71 bits per heavy atom. The molecule has 1 saturated heterocycles. The fraction of sp³-hybridized carbons (Fsp3) is 0.923. The summed E-state index contributed by atoms with van der Waals surface area (Å²) in [5, 5.41) is 6.31. The van der Waals surface area contributed by atoms with Crippen molar-refractivity contribution in [1.82, 2.24) is 10.6 Å². The summed E-state index contributed by atoms with van der Waals surface area (Å²) >= 11 is 0. The molecule has 0 saturated carbocycles. The molecule has 2 atom stereocenters. The third-order valence-corrected chi connectivity index (χ3v) is 3.35. The van der Waals surface area contributed by atoms with Gasteiger partial charge >= 0.3 is 0 Å². The summed E-state index contributed by atoms with van der Waals surface area (Å²) in [4.78, 5) is 11.9. The SMILES string of the molecule is CCC(CC)NC(=O)C(C)OC1CCCNC1. The standard InChI is InChI=1S/C13H26N2O2/c1-4-11(5-2)15-13(16)10(3)17-12-7-6-8-14-9-12/h10-12,14H,4-9H2,1-3H3,(H,15,16). The van der Waals surface area contributed by atoms with Gasteiger partial charge in [-0.15, -0.1) is 0 Å². The van der Waals surface area contributed by atoms with Gasteiger partial charge in [-0.3, -0.25) is 4.79 Å². The van der Waals surface area contributed by atoms with Crippen LogP contribution in [0.15, 0.2) is 0 Å². The Morgan fingerprint density at radius 1 is 1.47 bits per heavy atom. The van der Waals surface area contributed by atoms with Crippen LogP contribution in [0.4, 0.5) is 0 Å². The normalized spacial score (nSPS) is 22.5. The second-order valence-corrected chi connectivity index (χ2v) is 4.77. The van der Waals surface area contributed by atoms with Gasteiger partial charge in [0, 0.05) is 12.6 Å². The molecule has 1 heterocycles. The molecule has 1 fully saturated rings. The lowest BCUT2D eigenvalue weighted by atomic mass is 10.1. The molecule has 0 aliphatic carbocycles. The van der Waals surface area contributed by atoms with Crippen molar-refractivity contribution in [2.45, 2.75) is 64.7 Å². The van der Waals surface area contributed by atoms with Gasteiger partial charge in [-0.1, -0.05) is 13.8 Å². The Bertz CT molecular complexity index is 223. The highest BCUT2D eigenvalue weighted by molar-refractivity contribution is 5.80. The van der Waals surface area contributed by atoms with E-state index in [-0.39, 0.29) is 24.2 Å². The average Bonchev–Trinajstić information content (AvgIpc) is 2.36. The Kier molecular flexibility index (Phi) is 6.52. The molecule has 4 heteroatoms. The molecule has 0 radical (unpaired) electrons. The number of rotatable bonds is 6. The van der Waals surface area contributed by atoms with Crippen molar-refractivity contribution in [3.8, 4) is 0 Å². The molecule has 1 aliphatic rings. The lowest BCUT2D eigenvalue weighted by Gasteiger charge is -2.27. The second kappa shape index (κ2) is 7.67. The summed E-state index contributed by atoms with van der Waals surface area (Å²) in [6.45, 7) is 7.94. The van der Waals surface area contributed by atoms with Crippen molar-refractivity contribution in [3.63, 3.8) is 0 Å². The molecule has 0 bridgehead atoms. The number of hydrogen-bond donors (Lipinski definition) is 2. The van der Waals surface area contributed by atoms with Crippen molar-refractivity contribution in [1.29, 1.82) is 0 Å². The summed E-state index contributed by atoms with van der Waals surface area (Å²) in [5.41, 5.74) is 0. The van der Waals surface area contributed by atoms with Crippen LogP contribution in [0.5, 0.6) is 0 Å². The van der Waals surface area contributed by atoms with Crippen molar-refractivity contribution < 1.29 is 9.53 Å². The van der Waals surface area contributed by atoms with Crippen molar-refractivity contribution in [3.05, 3.63) is 0 Å². The van der Waals surface area contributed by atoms with E-state index in [9.17, 15) is 4.79 Å². The Morgan fingerprint density at radius 2 is 2.18 bits per heavy atom. The minimum absolute atomic E-state index is 0.0178. The van der Waals surface area contributed by atoms with Crippen LogP contribution >= 0.6 is 0 Å². The Labute approximate surface area is 104 Å². The zero-order valence-corrected chi connectivity index (χ0v) is 11.3. The van der Waals surface area contributed by atoms with Crippen LogP contribution in [0.2, 0.25) is 0 Å². The van der Waals surface area contributed by atoms with E-state index in [1.165, 1.54) is 0 Å². The van der Waals surface area contributed by atoms with E-state index < -0.39 is 0 Å². The molecule has 2 N–H and O–H groups in total. The topological polar surface area (TPSA) is 50.4 Å². The fourth-order valence-corrected chi connectivity index (χ4v) is 2.10. The molecule has 100 valence electrons. The maximum atomic E-state index is 11.9. The zero-order chi connectivity index (χ0) is 12.7. The Balaban J connectivity index is 2.30. The monoisotopic (exact) mass is 242 g/mol. The van der Waals surface area contributed by atoms with Gasteiger partial charge in [0.15, 0.2) is 0 Å². The van der Waals surface area contributed by atoms with Crippen LogP contribution in [-0.4, -0.2) is 37.2 Å². The molecule has 1 aliphatic heterocycles. The highest BCUT2D eigenvalue weighted by atomic mass is 16.5. The van der Waals surface area contributed by atoms with Crippen molar-refractivity contribution in [2.24, 2.45) is 0 Å². The average molecular weight is 242 g/mol. The fourth-order valence-electron chi connectivity index (χ4n) is 2.10. The summed E-state index contributed by atoms with van der Waals surface area (Å²) < 4.78 is 5.77. The largest absolute Gasteiger partial charge is 0.364 e. The van der Waals surface area contributed by atoms with Gasteiger partial charge in [-0.2, -0.15) is 0 Å². The number of amides is 1. The van der Waals surface area contributed by atoms with E-state index >= 15 is 0 Å². The summed E-state index contributed by atoms with van der Waals surface area (Å²) in [5.74, 6) is 0.0178. The maximum Gasteiger partial charge on any atom is 0.249 e. The highest BCUT2D eigenvalue weighted by Crippen LogP contribution is 2.09. The lowest BCUT2D eigenvalue weighted by molar-refractivity contribution is -0.136. The molecule has 1 rings (SSSR count). The third-order valence-electron chi connectivity index (χ3n) is 3.35. The van der Waals surface area contributed by atoms with Crippen molar-refractivity contribution in [2.75, 3.05) is 13.1 Å². The molecule has 0 aromatic rings. The lowest BCUT2D eigenvalue weighted by Crippen LogP contribution is -2.44. The van der Waals surface area contributed by atoms with Crippen molar-refractivity contribution >= 4 is 5.91 Å². The van der Waals surface area contributed by atoms with Crippen LogP contribution in [0.1, 0.15) is 46.5 Å². The predicted molar refractivity (Wildman–Crippen MR) is 69.0 cm³/mol. The number of nitrogens with one attached hydrogen (secondary N) is 2. The van der Waals surface area contributed by atoms with Gasteiger partial charge in [0.1, 0.15) is 6.10 Å². The molecular formula is C13H26N2O2. The molecular weight excluding hydrogens is 216 g/mol. The first kappa shape index (κ1) is 14.5. The first-order chi connectivity index (χ1) is 8.17. The zero-order valence-electron chi connectivity index (χ0n) is 11.3. The van der Waals surface area contributed by atoms with Crippen LogP contribution in [-0.2, 0) is 9.53 Å². The van der Waals surface area contributed by atoms with Crippen LogP contribution < -0.4 is 10.6 Å². The van der Waals surface area contributed by atoms with Gasteiger partial charge in [-0.05, 0) is 39.2 Å². The molecule has 0 aromatic heterocycles. The highest BCUT2D eigenvalue weighted by Gasteiger charge is 2.21. The summed E-state index contributed by atoms with van der Waals surface area (Å²) in [7, 11) is 0. The van der Waals surface area contributed by atoms with Crippen LogP contribution in [0, 0.1) is 0 Å². The van der Waals surface area contributed by atoms with Gasteiger partial charge in [0.2, 0.25) is 5.91 Å². The third kappa shape index (κ3) is 5.04. The van der Waals surface area contributed by atoms with E-state index in [0.717, 1.165) is 38.8 Å². The second-order valence-electron chi connectivity index (χ2n) is 4.77. The van der Waals surface area contributed by atoms with Crippen LogP contribution in [0.3, 0.4) is 0 Å². The minimum atomic E-state index is -0.347. The number of carbonyl (C=O) groups is 1. The Hall–Kier alpha value is -0.610. The smallest absolute Gasteiger partial charge is 0.249 e. The van der Waals surface area contributed by atoms with E-state index in [2.05, 4.69) is 24.5 Å². The molecule has 4 nitrogen and oxygen atoms in total. The maximum absolute atomic E-state index is 11.9. The van der Waals surface area contributed by atoms with Crippen LogP contribution in [0.25, 0.3) is 0 Å². The van der Waals surface area contributed by atoms with E-state index in [4.69, 9.17) is 4.74 Å². The van der Waals surface area contributed by atoms with Gasteiger partial charge in [0.25, 0.3) is 0 Å². The van der Waals surface area contributed by atoms with Gasteiger partial charge in [-0.25, -0.2) is 0 Å². The number of piperidine rings is 1. The number of hydrogen-bond acceptors (Lipinski definition) is 3. The first-order valence-electron chi connectivity index (χ1n) is 6.83. The molecule has 1 amide bonds. The number of carbonyl (C=O) groups excluding carboxylic acids is 1. The summed E-state index contributed by atoms with van der Waals surface area (Å²) in [6, 6.07) is 0.276.